The number of aryl methyl sites for hydroxylation is 1. The highest BCUT2D eigenvalue weighted by molar-refractivity contribution is 6.00. The summed E-state index contributed by atoms with van der Waals surface area (Å²) in [6.45, 7) is 2.82. The number of hydrogen-bond donors (Lipinski definition) is 2. The van der Waals surface area contributed by atoms with Gasteiger partial charge in [-0.3, -0.25) is 4.79 Å². The van der Waals surface area contributed by atoms with Crippen LogP contribution in [0.25, 0.3) is 10.9 Å². The van der Waals surface area contributed by atoms with E-state index in [0.717, 1.165) is 23.7 Å². The van der Waals surface area contributed by atoms with Crippen molar-refractivity contribution in [1.82, 2.24) is 9.88 Å². The number of amides is 2. The number of fused-ring (bicyclic) bond motifs is 2. The maximum Gasteiger partial charge on any atom is 0.319 e. The molecule has 0 unspecified atom stereocenters. The van der Waals surface area contributed by atoms with Gasteiger partial charge in [-0.25, -0.2) is 4.79 Å². The lowest BCUT2D eigenvalue weighted by molar-refractivity contribution is 0.243. The molecular formula is C22H23N3O2. The third kappa shape index (κ3) is 3.33. The minimum atomic E-state index is -0.228. The Morgan fingerprint density at radius 3 is 2.44 bits per heavy atom. The second kappa shape index (κ2) is 6.58. The number of pyridine rings is 1. The molecule has 3 aromatic rings. The number of aromatic nitrogens is 1. The van der Waals surface area contributed by atoms with Gasteiger partial charge in [0.1, 0.15) is 0 Å². The normalized spacial score (nSPS) is 14.7. The Kier molecular flexibility index (Phi) is 4.22. The number of benzene rings is 2. The van der Waals surface area contributed by atoms with E-state index in [1.807, 2.05) is 18.2 Å². The summed E-state index contributed by atoms with van der Waals surface area (Å²) in [5.74, 6) is 0. The molecule has 138 valence electrons. The Labute approximate surface area is 158 Å². The zero-order valence-corrected chi connectivity index (χ0v) is 15.6. The van der Waals surface area contributed by atoms with Gasteiger partial charge in [-0.1, -0.05) is 37.3 Å². The number of nitrogens with one attached hydrogen (secondary N) is 2. The van der Waals surface area contributed by atoms with Crippen molar-refractivity contribution < 1.29 is 4.79 Å². The third-order valence-corrected chi connectivity index (χ3v) is 5.44. The van der Waals surface area contributed by atoms with Gasteiger partial charge in [0.15, 0.2) is 0 Å². The summed E-state index contributed by atoms with van der Waals surface area (Å²) in [6.07, 6.45) is 1.94. The van der Waals surface area contributed by atoms with E-state index in [1.165, 1.54) is 17.2 Å². The molecule has 1 heterocycles. The highest BCUT2D eigenvalue weighted by Crippen LogP contribution is 2.36. The molecule has 4 rings (SSSR count). The monoisotopic (exact) mass is 361 g/mol. The van der Waals surface area contributed by atoms with Gasteiger partial charge >= 0.3 is 6.03 Å². The molecule has 2 N–H and O–H groups in total. The van der Waals surface area contributed by atoms with Gasteiger partial charge in [-0.2, -0.15) is 0 Å². The molecule has 0 saturated carbocycles. The summed E-state index contributed by atoms with van der Waals surface area (Å²) in [5.41, 5.74) is 4.19. The highest BCUT2D eigenvalue weighted by atomic mass is 16.2. The van der Waals surface area contributed by atoms with Gasteiger partial charge in [-0.15, -0.1) is 0 Å². The maximum atomic E-state index is 12.5. The third-order valence-electron chi connectivity index (χ3n) is 5.44. The van der Waals surface area contributed by atoms with Crippen LogP contribution in [0, 0.1) is 5.41 Å². The number of carbonyl (C=O) groups is 1. The van der Waals surface area contributed by atoms with E-state index in [2.05, 4.69) is 41.8 Å². The average Bonchev–Trinajstić information content (AvgIpc) is 3.00. The molecule has 5 nitrogen and oxygen atoms in total. The quantitative estimate of drug-likeness (QED) is 0.750. The number of carbonyl (C=O) groups excluding carboxylic acids is 1. The van der Waals surface area contributed by atoms with Gasteiger partial charge in [0.05, 0.1) is 11.2 Å². The first kappa shape index (κ1) is 17.3. The first-order valence-corrected chi connectivity index (χ1v) is 9.16. The maximum absolute atomic E-state index is 12.5. The molecule has 0 radical (unpaired) electrons. The second-order valence-electron chi connectivity index (χ2n) is 7.71. The fourth-order valence-electron chi connectivity index (χ4n) is 3.98. The van der Waals surface area contributed by atoms with E-state index in [4.69, 9.17) is 0 Å². The minimum absolute atomic E-state index is 0.0314. The number of urea groups is 1. The van der Waals surface area contributed by atoms with Crippen molar-refractivity contribution in [3.05, 3.63) is 76.1 Å². The van der Waals surface area contributed by atoms with Crippen LogP contribution in [0.2, 0.25) is 0 Å². The number of hydrogen-bond acceptors (Lipinski definition) is 2. The topological polar surface area (TPSA) is 63.1 Å². The van der Waals surface area contributed by atoms with Crippen LogP contribution in [-0.4, -0.2) is 17.1 Å². The number of anilines is 1. The van der Waals surface area contributed by atoms with Crippen molar-refractivity contribution in [2.45, 2.75) is 19.8 Å². The smallest absolute Gasteiger partial charge is 0.319 e. The highest BCUT2D eigenvalue weighted by Gasteiger charge is 2.32. The Balaban J connectivity index is 1.46. The summed E-state index contributed by atoms with van der Waals surface area (Å²) in [5, 5.41) is 6.79. The summed E-state index contributed by atoms with van der Waals surface area (Å²) < 4.78 is 1.58. The molecule has 0 fully saturated rings. The van der Waals surface area contributed by atoms with Crippen LogP contribution in [0.15, 0.2) is 59.4 Å². The number of nitrogens with zero attached hydrogens (tertiary/aromatic N) is 1. The van der Waals surface area contributed by atoms with E-state index < -0.39 is 0 Å². The molecular weight excluding hydrogens is 338 g/mol. The molecule has 0 spiro atoms. The Bertz CT molecular complexity index is 1060. The lowest BCUT2D eigenvalue weighted by Gasteiger charge is -2.24. The first-order chi connectivity index (χ1) is 13.0. The Morgan fingerprint density at radius 1 is 1.04 bits per heavy atom. The van der Waals surface area contributed by atoms with Crippen LogP contribution in [0.3, 0.4) is 0 Å². The zero-order chi connectivity index (χ0) is 19.0. The fourth-order valence-corrected chi connectivity index (χ4v) is 3.98. The van der Waals surface area contributed by atoms with Crippen molar-refractivity contribution in [3.63, 3.8) is 0 Å². The second-order valence-corrected chi connectivity index (χ2v) is 7.71. The van der Waals surface area contributed by atoms with Crippen LogP contribution >= 0.6 is 0 Å². The molecule has 2 aromatic carbocycles. The molecule has 0 bridgehead atoms. The molecule has 5 heteroatoms. The van der Waals surface area contributed by atoms with Gasteiger partial charge in [0.25, 0.3) is 5.56 Å². The predicted octanol–water partition coefficient (Wildman–Crippen LogP) is 3.47. The van der Waals surface area contributed by atoms with E-state index >= 15 is 0 Å². The van der Waals surface area contributed by atoms with Crippen LogP contribution in [0.5, 0.6) is 0 Å². The molecule has 2 amide bonds. The van der Waals surface area contributed by atoms with E-state index in [1.54, 1.807) is 17.7 Å². The van der Waals surface area contributed by atoms with E-state index in [9.17, 15) is 9.59 Å². The van der Waals surface area contributed by atoms with Crippen molar-refractivity contribution in [2.24, 2.45) is 12.5 Å². The van der Waals surface area contributed by atoms with Crippen molar-refractivity contribution in [3.8, 4) is 0 Å². The summed E-state index contributed by atoms with van der Waals surface area (Å²) >= 11 is 0. The van der Waals surface area contributed by atoms with Crippen LogP contribution < -0.4 is 16.2 Å². The first-order valence-electron chi connectivity index (χ1n) is 9.16. The molecule has 0 aliphatic heterocycles. The molecule has 0 saturated heterocycles. The lowest BCUT2D eigenvalue weighted by atomic mass is 9.87. The Hall–Kier alpha value is -3.08. The van der Waals surface area contributed by atoms with Crippen molar-refractivity contribution >= 4 is 22.6 Å². The Morgan fingerprint density at radius 2 is 1.74 bits per heavy atom. The minimum Gasteiger partial charge on any atom is -0.337 e. The average molecular weight is 361 g/mol. The van der Waals surface area contributed by atoms with Gasteiger partial charge in [0.2, 0.25) is 0 Å². The molecule has 0 atom stereocenters. The zero-order valence-electron chi connectivity index (χ0n) is 15.6. The standard InChI is InChI=1S/C22H23N3O2/c1-22(12-15-6-3-4-7-16(15)13-22)14-23-21(27)24-18-8-5-9-19-17(18)10-11-20(26)25(19)2/h3-11H,12-14H2,1-2H3,(H2,23,24,27). The van der Waals surface area contributed by atoms with Gasteiger partial charge in [0, 0.05) is 25.0 Å². The fraction of sp³-hybridized carbons (Fsp3) is 0.273. The molecule has 1 aliphatic rings. The SMILES string of the molecule is Cn1c(=O)ccc2c(NC(=O)NCC3(C)Cc4ccccc4C3)cccc21. The number of rotatable bonds is 3. The van der Waals surface area contributed by atoms with Crippen LogP contribution in [0.4, 0.5) is 10.5 Å². The van der Waals surface area contributed by atoms with Crippen molar-refractivity contribution in [2.75, 3.05) is 11.9 Å². The van der Waals surface area contributed by atoms with Crippen LogP contribution in [-0.2, 0) is 19.9 Å². The largest absolute Gasteiger partial charge is 0.337 e. The molecule has 1 aromatic heterocycles. The summed E-state index contributed by atoms with van der Waals surface area (Å²) in [4.78, 5) is 24.3. The van der Waals surface area contributed by atoms with E-state index in [0.29, 0.717) is 12.2 Å². The molecule has 27 heavy (non-hydrogen) atoms. The summed E-state index contributed by atoms with van der Waals surface area (Å²) in [6, 6.07) is 17.1. The van der Waals surface area contributed by atoms with Gasteiger partial charge in [-0.05, 0) is 47.6 Å². The lowest BCUT2D eigenvalue weighted by Crippen LogP contribution is -2.38. The van der Waals surface area contributed by atoms with Crippen LogP contribution in [0.1, 0.15) is 18.1 Å². The predicted molar refractivity (Wildman–Crippen MR) is 108 cm³/mol. The van der Waals surface area contributed by atoms with Gasteiger partial charge < -0.3 is 15.2 Å². The van der Waals surface area contributed by atoms with E-state index in [-0.39, 0.29) is 17.0 Å². The molecule has 1 aliphatic carbocycles. The van der Waals surface area contributed by atoms with Crippen molar-refractivity contribution in [1.29, 1.82) is 0 Å². The summed E-state index contributed by atoms with van der Waals surface area (Å²) in [7, 11) is 1.73.